The van der Waals surface area contributed by atoms with Crippen molar-refractivity contribution < 1.29 is 4.52 Å². The first-order valence-corrected chi connectivity index (χ1v) is 8.83. The summed E-state index contributed by atoms with van der Waals surface area (Å²) in [5.41, 5.74) is 5.86. The van der Waals surface area contributed by atoms with Crippen LogP contribution < -0.4 is 0 Å². The molecule has 4 aromatic rings. The van der Waals surface area contributed by atoms with Crippen molar-refractivity contribution in [1.29, 1.82) is 0 Å². The Labute approximate surface area is 153 Å². The molecule has 5 nitrogen and oxygen atoms in total. The molecule has 3 heterocycles. The van der Waals surface area contributed by atoms with Crippen LogP contribution in [0.25, 0.3) is 22.3 Å². The van der Waals surface area contributed by atoms with Crippen LogP contribution >= 0.6 is 15.9 Å². The summed E-state index contributed by atoms with van der Waals surface area (Å²) in [5.74, 6) is 1.75. The van der Waals surface area contributed by atoms with Gasteiger partial charge in [-0.05, 0) is 44.5 Å². The van der Waals surface area contributed by atoms with Crippen molar-refractivity contribution in [3.8, 4) is 11.1 Å². The van der Waals surface area contributed by atoms with Crippen LogP contribution in [0.3, 0.4) is 0 Å². The van der Waals surface area contributed by atoms with E-state index in [0.29, 0.717) is 0 Å². The fourth-order valence-corrected chi connectivity index (χ4v) is 3.39. The van der Waals surface area contributed by atoms with Gasteiger partial charge in [-0.3, -0.25) is 0 Å². The number of pyridine rings is 1. The van der Waals surface area contributed by atoms with Gasteiger partial charge in [0.2, 0.25) is 0 Å². The summed E-state index contributed by atoms with van der Waals surface area (Å²) in [6.07, 6.45) is 1.84. The second kappa shape index (κ2) is 6.11. The number of halogens is 1. The maximum atomic E-state index is 5.30. The van der Waals surface area contributed by atoms with E-state index in [1.807, 2.05) is 27.0 Å². The molecule has 0 N–H and O–H groups in total. The third-order valence-electron chi connectivity index (χ3n) is 4.37. The van der Waals surface area contributed by atoms with Crippen molar-refractivity contribution in [2.45, 2.75) is 27.3 Å². The Balaban J connectivity index is 1.83. The zero-order valence-corrected chi connectivity index (χ0v) is 15.8. The van der Waals surface area contributed by atoms with Gasteiger partial charge in [0.1, 0.15) is 11.6 Å². The van der Waals surface area contributed by atoms with Gasteiger partial charge in [0.25, 0.3) is 0 Å². The van der Waals surface area contributed by atoms with Crippen molar-refractivity contribution in [2.24, 2.45) is 0 Å². The molecule has 0 fully saturated rings. The predicted molar refractivity (Wildman–Crippen MR) is 100 cm³/mol. The van der Waals surface area contributed by atoms with Gasteiger partial charge in [0, 0.05) is 28.3 Å². The Morgan fingerprint density at radius 1 is 1.12 bits per heavy atom. The molecule has 0 atom stereocenters. The number of aromatic nitrogens is 4. The highest BCUT2D eigenvalue weighted by atomic mass is 79.9. The molecule has 0 saturated carbocycles. The molecule has 4 rings (SSSR count). The molecule has 126 valence electrons. The molecule has 0 spiro atoms. The van der Waals surface area contributed by atoms with Gasteiger partial charge in [-0.2, -0.15) is 0 Å². The third kappa shape index (κ3) is 2.87. The standard InChI is InChI=1S/C19H17BrN4O/c1-11-18(12(2)25-23-11)15-8-17-19(21-9-15)22-13(3)24(17)10-14-4-6-16(20)7-5-14/h4-9H,10H2,1-3H3. The van der Waals surface area contributed by atoms with Crippen LogP contribution in [-0.4, -0.2) is 19.7 Å². The number of hydrogen-bond donors (Lipinski definition) is 0. The minimum absolute atomic E-state index is 0.752. The van der Waals surface area contributed by atoms with E-state index >= 15 is 0 Å². The van der Waals surface area contributed by atoms with Crippen LogP contribution in [0.5, 0.6) is 0 Å². The van der Waals surface area contributed by atoms with E-state index in [1.54, 1.807) is 0 Å². The SMILES string of the molecule is Cc1noc(C)c1-c1cnc2nc(C)n(Cc3ccc(Br)cc3)c2c1. The summed E-state index contributed by atoms with van der Waals surface area (Å²) >= 11 is 3.48. The van der Waals surface area contributed by atoms with Crippen molar-refractivity contribution in [3.05, 3.63) is 63.8 Å². The Hall–Kier alpha value is -2.47. The fourth-order valence-electron chi connectivity index (χ4n) is 3.12. The Morgan fingerprint density at radius 3 is 2.56 bits per heavy atom. The second-order valence-electron chi connectivity index (χ2n) is 6.14. The molecule has 0 aliphatic carbocycles. The summed E-state index contributed by atoms with van der Waals surface area (Å²) in [5, 5.41) is 4.05. The van der Waals surface area contributed by atoms with Gasteiger partial charge in [-0.25, -0.2) is 9.97 Å². The van der Waals surface area contributed by atoms with E-state index in [9.17, 15) is 0 Å². The zero-order valence-electron chi connectivity index (χ0n) is 14.2. The van der Waals surface area contributed by atoms with Crippen molar-refractivity contribution in [3.63, 3.8) is 0 Å². The second-order valence-corrected chi connectivity index (χ2v) is 7.05. The van der Waals surface area contributed by atoms with E-state index in [4.69, 9.17) is 4.52 Å². The summed E-state index contributed by atoms with van der Waals surface area (Å²) in [6, 6.07) is 10.4. The van der Waals surface area contributed by atoms with E-state index < -0.39 is 0 Å². The Kier molecular flexibility index (Phi) is 3.92. The topological polar surface area (TPSA) is 56.7 Å². The summed E-state index contributed by atoms with van der Waals surface area (Å²) in [6.45, 7) is 6.63. The van der Waals surface area contributed by atoms with E-state index in [0.717, 1.165) is 50.6 Å². The first-order chi connectivity index (χ1) is 12.0. The van der Waals surface area contributed by atoms with E-state index in [2.05, 4.69) is 66.0 Å². The van der Waals surface area contributed by atoms with Gasteiger partial charge >= 0.3 is 0 Å². The van der Waals surface area contributed by atoms with Crippen molar-refractivity contribution in [1.82, 2.24) is 19.7 Å². The summed E-state index contributed by atoms with van der Waals surface area (Å²) < 4.78 is 8.56. The lowest BCUT2D eigenvalue weighted by molar-refractivity contribution is 0.393. The van der Waals surface area contributed by atoms with Gasteiger partial charge in [0.05, 0.1) is 11.2 Å². The number of aryl methyl sites for hydroxylation is 3. The lowest BCUT2D eigenvalue weighted by Gasteiger charge is -2.08. The first kappa shape index (κ1) is 16.0. The maximum Gasteiger partial charge on any atom is 0.177 e. The number of benzene rings is 1. The predicted octanol–water partition coefficient (Wildman–Crippen LogP) is 4.82. The molecular formula is C19H17BrN4O. The van der Waals surface area contributed by atoms with E-state index in [1.165, 1.54) is 5.56 Å². The van der Waals surface area contributed by atoms with Crippen LogP contribution in [0.4, 0.5) is 0 Å². The average molecular weight is 397 g/mol. The average Bonchev–Trinajstić information content (AvgIpc) is 3.09. The normalized spacial score (nSPS) is 11.4. The lowest BCUT2D eigenvalue weighted by atomic mass is 10.1. The molecule has 1 aromatic carbocycles. The van der Waals surface area contributed by atoms with Gasteiger partial charge in [-0.15, -0.1) is 0 Å². The van der Waals surface area contributed by atoms with Crippen LogP contribution in [0.15, 0.2) is 45.5 Å². The van der Waals surface area contributed by atoms with Crippen molar-refractivity contribution in [2.75, 3.05) is 0 Å². The lowest BCUT2D eigenvalue weighted by Crippen LogP contribution is -2.02. The molecule has 3 aromatic heterocycles. The van der Waals surface area contributed by atoms with Crippen molar-refractivity contribution >= 4 is 27.1 Å². The van der Waals surface area contributed by atoms with Gasteiger partial charge < -0.3 is 9.09 Å². The third-order valence-corrected chi connectivity index (χ3v) is 4.90. The van der Waals surface area contributed by atoms with Gasteiger partial charge in [-0.1, -0.05) is 33.2 Å². The number of hydrogen-bond acceptors (Lipinski definition) is 4. The molecular weight excluding hydrogens is 380 g/mol. The van der Waals surface area contributed by atoms with E-state index in [-0.39, 0.29) is 0 Å². The minimum atomic E-state index is 0.752. The first-order valence-electron chi connectivity index (χ1n) is 8.03. The largest absolute Gasteiger partial charge is 0.361 e. The summed E-state index contributed by atoms with van der Waals surface area (Å²) in [7, 11) is 0. The molecule has 0 saturated heterocycles. The molecule has 25 heavy (non-hydrogen) atoms. The fraction of sp³-hybridized carbons (Fsp3) is 0.211. The molecule has 0 aliphatic heterocycles. The molecule has 0 amide bonds. The minimum Gasteiger partial charge on any atom is -0.361 e. The van der Waals surface area contributed by atoms with Crippen LogP contribution in [0.1, 0.15) is 22.8 Å². The molecule has 0 radical (unpaired) electrons. The zero-order chi connectivity index (χ0) is 17.6. The Bertz CT molecular complexity index is 1040. The number of fused-ring (bicyclic) bond motifs is 1. The molecule has 6 heteroatoms. The number of rotatable bonds is 3. The highest BCUT2D eigenvalue weighted by Crippen LogP contribution is 2.29. The van der Waals surface area contributed by atoms with Crippen LogP contribution in [0.2, 0.25) is 0 Å². The van der Waals surface area contributed by atoms with Crippen LogP contribution in [-0.2, 0) is 6.54 Å². The van der Waals surface area contributed by atoms with Gasteiger partial charge in [0.15, 0.2) is 5.65 Å². The molecule has 0 unspecified atom stereocenters. The maximum absolute atomic E-state index is 5.30. The quantitative estimate of drug-likeness (QED) is 0.497. The monoisotopic (exact) mass is 396 g/mol. The number of imidazole rings is 1. The molecule has 0 bridgehead atoms. The Morgan fingerprint density at radius 2 is 1.88 bits per heavy atom. The molecule has 0 aliphatic rings. The highest BCUT2D eigenvalue weighted by Gasteiger charge is 2.15. The summed E-state index contributed by atoms with van der Waals surface area (Å²) in [4.78, 5) is 9.15. The van der Waals surface area contributed by atoms with Crippen LogP contribution in [0, 0.1) is 20.8 Å². The number of nitrogens with zero attached hydrogens (tertiary/aromatic N) is 4. The highest BCUT2D eigenvalue weighted by molar-refractivity contribution is 9.10. The smallest absolute Gasteiger partial charge is 0.177 e.